The van der Waals surface area contributed by atoms with Gasteiger partial charge in [0, 0.05) is 54.1 Å². The highest BCUT2D eigenvalue weighted by molar-refractivity contribution is 5.90. The summed E-state index contributed by atoms with van der Waals surface area (Å²) in [6, 6.07) is 12.3. The van der Waals surface area contributed by atoms with Gasteiger partial charge < -0.3 is 30.5 Å². The second-order valence-electron chi connectivity index (χ2n) is 7.92. The topological polar surface area (TPSA) is 114 Å². The highest BCUT2D eigenvalue weighted by atomic mass is 16.5. The van der Waals surface area contributed by atoms with E-state index in [1.807, 2.05) is 24.5 Å². The Balaban J connectivity index is 1.25. The second-order valence-corrected chi connectivity index (χ2v) is 7.92. The van der Waals surface area contributed by atoms with Crippen molar-refractivity contribution >= 4 is 33.6 Å². The fraction of sp³-hybridized carbons (Fsp3) is 0.200. The Morgan fingerprint density at radius 2 is 1.94 bits per heavy atom. The van der Waals surface area contributed by atoms with Gasteiger partial charge in [0.05, 0.1) is 19.7 Å². The van der Waals surface area contributed by atoms with Crippen molar-refractivity contribution in [1.82, 2.24) is 19.9 Å². The second kappa shape index (κ2) is 8.74. The highest BCUT2D eigenvalue weighted by Gasteiger charge is 2.12. The lowest BCUT2D eigenvalue weighted by atomic mass is 10.1. The lowest BCUT2D eigenvalue weighted by Gasteiger charge is -2.09. The Bertz CT molecular complexity index is 1420. The molecule has 0 atom stereocenters. The molecule has 33 heavy (non-hydrogen) atoms. The van der Waals surface area contributed by atoms with Crippen molar-refractivity contribution in [3.05, 3.63) is 71.7 Å². The van der Waals surface area contributed by atoms with Gasteiger partial charge in [-0.15, -0.1) is 0 Å². The zero-order valence-corrected chi connectivity index (χ0v) is 18.6. The minimum absolute atomic E-state index is 0.489. The third-order valence-electron chi connectivity index (χ3n) is 5.86. The minimum atomic E-state index is 0.489. The van der Waals surface area contributed by atoms with Crippen LogP contribution in [0.15, 0.2) is 55.0 Å². The van der Waals surface area contributed by atoms with Crippen LogP contribution in [0.25, 0.3) is 21.8 Å². The summed E-state index contributed by atoms with van der Waals surface area (Å²) in [5.74, 6) is 2.52. The third-order valence-corrected chi connectivity index (χ3v) is 5.86. The lowest BCUT2D eigenvalue weighted by Crippen LogP contribution is -2.10. The predicted octanol–water partition coefficient (Wildman–Crippen LogP) is 4.28. The Morgan fingerprint density at radius 1 is 1.03 bits per heavy atom. The van der Waals surface area contributed by atoms with Crippen LogP contribution in [-0.4, -0.2) is 40.7 Å². The number of benzene rings is 2. The molecule has 8 nitrogen and oxygen atoms in total. The number of fused-ring (bicyclic) bond motifs is 2. The SMILES string of the molecule is COc1cc(OC)c2[nH]cc(CCNc3ncc(Cc4ccc5[nH]ccc5c4)c(N)n3)c2c1. The van der Waals surface area contributed by atoms with E-state index in [4.69, 9.17) is 15.2 Å². The summed E-state index contributed by atoms with van der Waals surface area (Å²) in [4.78, 5) is 15.4. The molecule has 5 rings (SSSR count). The molecule has 3 heterocycles. The van der Waals surface area contributed by atoms with E-state index in [2.05, 4.69) is 49.5 Å². The van der Waals surface area contributed by atoms with E-state index in [0.29, 0.717) is 24.7 Å². The highest BCUT2D eigenvalue weighted by Crippen LogP contribution is 2.32. The summed E-state index contributed by atoms with van der Waals surface area (Å²) in [5.41, 5.74) is 11.5. The van der Waals surface area contributed by atoms with Crippen molar-refractivity contribution in [3.63, 3.8) is 0 Å². The minimum Gasteiger partial charge on any atom is -0.497 e. The standard InChI is InChI=1S/C25H26N6O2/c1-32-19-11-20-17(13-29-23(20)22(12-19)33-2)6-8-28-25-30-14-18(24(26)31-25)10-15-3-4-21-16(9-15)5-7-27-21/h3-5,7,9,11-14,27,29H,6,8,10H2,1-2H3,(H3,26,28,30,31). The average molecular weight is 443 g/mol. The molecule has 8 heteroatoms. The summed E-state index contributed by atoms with van der Waals surface area (Å²) in [6.07, 6.45) is 7.20. The number of aromatic nitrogens is 4. The molecule has 0 amide bonds. The zero-order valence-electron chi connectivity index (χ0n) is 18.6. The van der Waals surface area contributed by atoms with Crippen molar-refractivity contribution in [3.8, 4) is 11.5 Å². The Labute approximate surface area is 191 Å². The molecule has 0 spiro atoms. The smallest absolute Gasteiger partial charge is 0.224 e. The van der Waals surface area contributed by atoms with Gasteiger partial charge in [-0.3, -0.25) is 0 Å². The average Bonchev–Trinajstić information content (AvgIpc) is 3.47. The lowest BCUT2D eigenvalue weighted by molar-refractivity contribution is 0.397. The van der Waals surface area contributed by atoms with Gasteiger partial charge in [0.2, 0.25) is 5.95 Å². The number of anilines is 2. The summed E-state index contributed by atoms with van der Waals surface area (Å²) in [5, 5.41) is 5.53. The Kier molecular flexibility index (Phi) is 5.48. The number of nitrogen functional groups attached to an aromatic ring is 1. The first kappa shape index (κ1) is 20.7. The molecule has 3 aromatic heterocycles. The first-order valence-electron chi connectivity index (χ1n) is 10.8. The molecule has 0 aliphatic carbocycles. The van der Waals surface area contributed by atoms with Crippen LogP contribution in [0.4, 0.5) is 11.8 Å². The van der Waals surface area contributed by atoms with Crippen LogP contribution in [0.5, 0.6) is 11.5 Å². The van der Waals surface area contributed by atoms with Gasteiger partial charge in [0.1, 0.15) is 17.3 Å². The third kappa shape index (κ3) is 4.15. The molecule has 168 valence electrons. The van der Waals surface area contributed by atoms with E-state index in [1.165, 1.54) is 10.9 Å². The van der Waals surface area contributed by atoms with Crippen molar-refractivity contribution in [1.29, 1.82) is 0 Å². The van der Waals surface area contributed by atoms with Crippen LogP contribution in [-0.2, 0) is 12.8 Å². The normalized spacial score (nSPS) is 11.2. The largest absolute Gasteiger partial charge is 0.497 e. The molecule has 0 fully saturated rings. The Morgan fingerprint density at radius 3 is 2.76 bits per heavy atom. The van der Waals surface area contributed by atoms with Crippen molar-refractivity contribution in [2.45, 2.75) is 12.8 Å². The molecular weight excluding hydrogens is 416 g/mol. The molecule has 0 aliphatic rings. The van der Waals surface area contributed by atoms with Crippen LogP contribution < -0.4 is 20.5 Å². The summed E-state index contributed by atoms with van der Waals surface area (Å²) in [6.45, 7) is 0.662. The van der Waals surface area contributed by atoms with E-state index >= 15 is 0 Å². The number of aromatic amines is 2. The first-order valence-corrected chi connectivity index (χ1v) is 10.8. The zero-order chi connectivity index (χ0) is 22.8. The van der Waals surface area contributed by atoms with E-state index < -0.39 is 0 Å². The molecule has 0 saturated heterocycles. The van der Waals surface area contributed by atoms with E-state index in [9.17, 15) is 0 Å². The fourth-order valence-corrected chi connectivity index (χ4v) is 4.10. The van der Waals surface area contributed by atoms with E-state index in [-0.39, 0.29) is 0 Å². The van der Waals surface area contributed by atoms with Crippen LogP contribution in [0.2, 0.25) is 0 Å². The van der Waals surface area contributed by atoms with Crippen LogP contribution in [0.3, 0.4) is 0 Å². The van der Waals surface area contributed by atoms with Crippen molar-refractivity contribution in [2.75, 3.05) is 31.8 Å². The van der Waals surface area contributed by atoms with Crippen LogP contribution in [0, 0.1) is 0 Å². The van der Waals surface area contributed by atoms with Crippen molar-refractivity contribution in [2.24, 2.45) is 0 Å². The molecule has 0 saturated carbocycles. The molecule has 5 N–H and O–H groups in total. The molecule has 0 aliphatic heterocycles. The van der Waals surface area contributed by atoms with Crippen molar-refractivity contribution < 1.29 is 9.47 Å². The number of nitrogens with zero attached hydrogens (tertiary/aromatic N) is 2. The number of H-pyrrole nitrogens is 2. The van der Waals surface area contributed by atoms with Gasteiger partial charge in [0.25, 0.3) is 0 Å². The van der Waals surface area contributed by atoms with Gasteiger partial charge in [-0.25, -0.2) is 4.98 Å². The maximum atomic E-state index is 6.24. The first-order chi connectivity index (χ1) is 16.1. The molecule has 5 aromatic rings. The van der Waals surface area contributed by atoms with E-state index in [1.54, 1.807) is 20.4 Å². The maximum Gasteiger partial charge on any atom is 0.224 e. The number of nitrogens with one attached hydrogen (secondary N) is 3. The number of ether oxygens (including phenoxy) is 2. The van der Waals surface area contributed by atoms with E-state index in [0.717, 1.165) is 45.5 Å². The molecule has 2 aromatic carbocycles. The number of hydrogen-bond acceptors (Lipinski definition) is 6. The Hall–Kier alpha value is -4.20. The van der Waals surface area contributed by atoms with Crippen LogP contribution >= 0.6 is 0 Å². The monoisotopic (exact) mass is 442 g/mol. The molecule has 0 unspecified atom stereocenters. The number of methoxy groups -OCH3 is 2. The quantitative estimate of drug-likeness (QED) is 0.285. The molecular formula is C25H26N6O2. The van der Waals surface area contributed by atoms with Gasteiger partial charge in [0.15, 0.2) is 0 Å². The van der Waals surface area contributed by atoms with Crippen LogP contribution in [0.1, 0.15) is 16.7 Å². The summed E-state index contributed by atoms with van der Waals surface area (Å²) in [7, 11) is 3.30. The number of nitrogens with two attached hydrogens (primary N) is 1. The number of rotatable bonds is 8. The molecule has 0 bridgehead atoms. The van der Waals surface area contributed by atoms with Gasteiger partial charge >= 0.3 is 0 Å². The molecule has 0 radical (unpaired) electrons. The van der Waals surface area contributed by atoms with Gasteiger partial charge in [-0.05, 0) is 47.2 Å². The maximum absolute atomic E-state index is 6.24. The predicted molar refractivity (Wildman–Crippen MR) is 131 cm³/mol. The van der Waals surface area contributed by atoms with Gasteiger partial charge in [-0.1, -0.05) is 6.07 Å². The number of hydrogen-bond donors (Lipinski definition) is 4. The summed E-state index contributed by atoms with van der Waals surface area (Å²) >= 11 is 0. The van der Waals surface area contributed by atoms with Gasteiger partial charge in [-0.2, -0.15) is 4.98 Å². The fourth-order valence-electron chi connectivity index (χ4n) is 4.10. The summed E-state index contributed by atoms with van der Waals surface area (Å²) < 4.78 is 10.9.